The Morgan fingerprint density at radius 1 is 1.33 bits per heavy atom. The number of ether oxygens (including phenoxy) is 2. The Morgan fingerprint density at radius 2 is 2.17 bits per heavy atom. The highest BCUT2D eigenvalue weighted by atomic mass is 32.1. The van der Waals surface area contributed by atoms with Crippen molar-refractivity contribution in [1.29, 1.82) is 0 Å². The SMILES string of the molecule is Cc1cc(C(=O)COC(=O)/C=C/c2nc3ccccc3s2)c(C)n1C[C@H]1CCCO1. The minimum absolute atomic E-state index is 0.197. The van der Waals surface area contributed by atoms with Gasteiger partial charge in [0.2, 0.25) is 5.78 Å². The zero-order valence-electron chi connectivity index (χ0n) is 17.1. The normalized spacial score (nSPS) is 16.5. The number of thiazole rings is 1. The number of aromatic nitrogens is 2. The highest BCUT2D eigenvalue weighted by Gasteiger charge is 2.21. The Bertz CT molecular complexity index is 1070. The first-order valence-electron chi connectivity index (χ1n) is 10.0. The summed E-state index contributed by atoms with van der Waals surface area (Å²) >= 11 is 1.49. The van der Waals surface area contributed by atoms with Crippen molar-refractivity contribution in [2.24, 2.45) is 0 Å². The summed E-state index contributed by atoms with van der Waals surface area (Å²) in [5.74, 6) is -0.765. The van der Waals surface area contributed by atoms with Crippen LogP contribution < -0.4 is 0 Å². The van der Waals surface area contributed by atoms with Gasteiger partial charge in [-0.15, -0.1) is 11.3 Å². The molecular weight excluding hydrogens is 400 g/mol. The van der Waals surface area contributed by atoms with E-state index < -0.39 is 5.97 Å². The largest absolute Gasteiger partial charge is 0.454 e. The number of rotatable bonds is 7. The van der Waals surface area contributed by atoms with Crippen LogP contribution in [0.25, 0.3) is 16.3 Å². The van der Waals surface area contributed by atoms with E-state index in [1.165, 1.54) is 17.4 Å². The molecule has 0 radical (unpaired) electrons. The number of fused-ring (bicyclic) bond motifs is 1. The van der Waals surface area contributed by atoms with E-state index in [-0.39, 0.29) is 18.5 Å². The second-order valence-electron chi connectivity index (χ2n) is 7.41. The number of carbonyl (C=O) groups excluding carboxylic acids is 2. The minimum Gasteiger partial charge on any atom is -0.454 e. The summed E-state index contributed by atoms with van der Waals surface area (Å²) in [7, 11) is 0. The maximum atomic E-state index is 12.6. The molecule has 0 N–H and O–H groups in total. The van der Waals surface area contributed by atoms with Crippen molar-refractivity contribution in [3.63, 3.8) is 0 Å². The fourth-order valence-electron chi connectivity index (χ4n) is 3.72. The lowest BCUT2D eigenvalue weighted by Gasteiger charge is -2.14. The summed E-state index contributed by atoms with van der Waals surface area (Å²) in [6, 6.07) is 9.64. The summed E-state index contributed by atoms with van der Waals surface area (Å²) in [5.41, 5.74) is 3.37. The van der Waals surface area contributed by atoms with Crippen molar-refractivity contribution in [3.8, 4) is 0 Å². The van der Waals surface area contributed by atoms with E-state index in [1.54, 1.807) is 6.08 Å². The van der Waals surface area contributed by atoms with Crippen LogP contribution in [0.4, 0.5) is 0 Å². The van der Waals surface area contributed by atoms with Crippen molar-refractivity contribution < 1.29 is 19.1 Å². The molecule has 6 nitrogen and oxygen atoms in total. The molecule has 0 amide bonds. The Hall–Kier alpha value is -2.77. The third-order valence-corrected chi connectivity index (χ3v) is 6.30. The van der Waals surface area contributed by atoms with Gasteiger partial charge < -0.3 is 14.0 Å². The highest BCUT2D eigenvalue weighted by Crippen LogP contribution is 2.23. The number of esters is 1. The van der Waals surface area contributed by atoms with Gasteiger partial charge >= 0.3 is 5.97 Å². The quantitative estimate of drug-likeness (QED) is 0.321. The number of aryl methyl sites for hydroxylation is 1. The van der Waals surface area contributed by atoms with Crippen LogP contribution in [0.1, 0.15) is 39.6 Å². The van der Waals surface area contributed by atoms with Gasteiger partial charge in [-0.2, -0.15) is 0 Å². The van der Waals surface area contributed by atoms with Crippen LogP contribution in [0, 0.1) is 13.8 Å². The van der Waals surface area contributed by atoms with Crippen LogP contribution in [0.5, 0.6) is 0 Å². The van der Waals surface area contributed by atoms with E-state index in [2.05, 4.69) is 9.55 Å². The van der Waals surface area contributed by atoms with Gasteiger partial charge in [0.25, 0.3) is 0 Å². The van der Waals surface area contributed by atoms with Crippen LogP contribution in [0.3, 0.4) is 0 Å². The average molecular weight is 425 g/mol. The molecule has 0 saturated carbocycles. The topological polar surface area (TPSA) is 70.4 Å². The predicted octanol–water partition coefficient (Wildman–Crippen LogP) is 4.33. The van der Waals surface area contributed by atoms with Crippen molar-refractivity contribution in [1.82, 2.24) is 9.55 Å². The fourth-order valence-corrected chi connectivity index (χ4v) is 4.59. The number of hydrogen-bond donors (Lipinski definition) is 0. The predicted molar refractivity (Wildman–Crippen MR) is 117 cm³/mol. The molecule has 30 heavy (non-hydrogen) atoms. The molecule has 7 heteroatoms. The standard InChI is InChI=1S/C23H24N2O4S/c1-15-12-18(16(2)25(15)13-17-6-5-11-28-17)20(26)14-29-23(27)10-9-22-24-19-7-3-4-8-21(19)30-22/h3-4,7-10,12,17H,5-6,11,13-14H2,1-2H3/b10-9+/t17-/m1/s1. The molecule has 1 atom stereocenters. The molecule has 4 rings (SSSR count). The molecule has 2 aromatic heterocycles. The van der Waals surface area contributed by atoms with Gasteiger partial charge in [0.1, 0.15) is 5.01 Å². The van der Waals surface area contributed by atoms with Crippen LogP contribution in [-0.2, 0) is 20.8 Å². The molecule has 1 aliphatic rings. The average Bonchev–Trinajstić information content (AvgIpc) is 3.46. The minimum atomic E-state index is -0.559. The molecule has 1 aliphatic heterocycles. The Morgan fingerprint density at radius 3 is 2.93 bits per heavy atom. The fraction of sp³-hybridized carbons (Fsp3) is 0.348. The van der Waals surface area contributed by atoms with Crippen molar-refractivity contribution in [2.75, 3.05) is 13.2 Å². The third kappa shape index (κ3) is 4.52. The first-order valence-corrected chi connectivity index (χ1v) is 10.8. The number of ketones is 1. The van der Waals surface area contributed by atoms with Crippen molar-refractivity contribution >= 4 is 39.4 Å². The molecule has 0 spiro atoms. The zero-order chi connectivity index (χ0) is 21.1. The number of hydrogen-bond acceptors (Lipinski definition) is 6. The zero-order valence-corrected chi connectivity index (χ0v) is 17.9. The van der Waals surface area contributed by atoms with E-state index in [0.29, 0.717) is 5.56 Å². The Kier molecular flexibility index (Phi) is 6.11. The monoisotopic (exact) mass is 424 g/mol. The maximum absolute atomic E-state index is 12.6. The second-order valence-corrected chi connectivity index (χ2v) is 8.48. The number of Topliss-reactive ketones (excluding diaryl/α,β-unsaturated/α-hetero) is 1. The maximum Gasteiger partial charge on any atom is 0.331 e. The number of para-hydroxylation sites is 1. The molecule has 156 valence electrons. The Balaban J connectivity index is 1.35. The van der Waals surface area contributed by atoms with E-state index in [4.69, 9.17) is 9.47 Å². The van der Waals surface area contributed by atoms with E-state index in [0.717, 1.165) is 52.6 Å². The Labute approximate surface area is 179 Å². The lowest BCUT2D eigenvalue weighted by Crippen LogP contribution is -2.18. The first-order chi connectivity index (χ1) is 14.5. The summed E-state index contributed by atoms with van der Waals surface area (Å²) in [6.07, 6.45) is 5.24. The van der Waals surface area contributed by atoms with Gasteiger partial charge in [-0.05, 0) is 51.0 Å². The van der Waals surface area contributed by atoms with Gasteiger partial charge in [0.05, 0.1) is 16.3 Å². The van der Waals surface area contributed by atoms with Gasteiger partial charge in [-0.3, -0.25) is 4.79 Å². The lowest BCUT2D eigenvalue weighted by atomic mass is 10.1. The lowest BCUT2D eigenvalue weighted by molar-refractivity contribution is -0.136. The molecule has 1 aromatic carbocycles. The molecule has 3 heterocycles. The number of nitrogens with zero attached hydrogens (tertiary/aromatic N) is 2. The van der Waals surface area contributed by atoms with Gasteiger partial charge in [-0.25, -0.2) is 9.78 Å². The van der Waals surface area contributed by atoms with Gasteiger partial charge in [0.15, 0.2) is 6.61 Å². The van der Waals surface area contributed by atoms with Gasteiger partial charge in [0, 0.05) is 36.2 Å². The third-order valence-electron chi connectivity index (χ3n) is 5.30. The molecular formula is C23H24N2O4S. The van der Waals surface area contributed by atoms with Crippen LogP contribution in [0.15, 0.2) is 36.4 Å². The molecule has 1 fully saturated rings. The summed E-state index contributed by atoms with van der Waals surface area (Å²) in [5, 5.41) is 0.720. The van der Waals surface area contributed by atoms with Crippen molar-refractivity contribution in [2.45, 2.75) is 39.3 Å². The molecule has 3 aromatic rings. The van der Waals surface area contributed by atoms with Gasteiger partial charge in [-0.1, -0.05) is 12.1 Å². The van der Waals surface area contributed by atoms with E-state index >= 15 is 0 Å². The van der Waals surface area contributed by atoms with Crippen LogP contribution in [0.2, 0.25) is 0 Å². The molecule has 0 unspecified atom stereocenters. The second kappa shape index (κ2) is 8.93. The summed E-state index contributed by atoms with van der Waals surface area (Å²) in [4.78, 5) is 29.1. The summed E-state index contributed by atoms with van der Waals surface area (Å²) < 4.78 is 14.0. The summed E-state index contributed by atoms with van der Waals surface area (Å²) in [6.45, 7) is 5.16. The number of carbonyl (C=O) groups is 2. The molecule has 1 saturated heterocycles. The molecule has 0 aliphatic carbocycles. The highest BCUT2D eigenvalue weighted by molar-refractivity contribution is 7.19. The van der Waals surface area contributed by atoms with E-state index in [1.807, 2.05) is 44.2 Å². The molecule has 0 bridgehead atoms. The van der Waals surface area contributed by atoms with E-state index in [9.17, 15) is 9.59 Å². The first kappa shape index (κ1) is 20.5. The number of benzene rings is 1. The van der Waals surface area contributed by atoms with Crippen molar-refractivity contribution in [3.05, 3.63) is 58.4 Å². The smallest absolute Gasteiger partial charge is 0.331 e. The van der Waals surface area contributed by atoms with Crippen LogP contribution >= 0.6 is 11.3 Å². The van der Waals surface area contributed by atoms with Crippen LogP contribution in [-0.4, -0.2) is 40.6 Å².